The summed E-state index contributed by atoms with van der Waals surface area (Å²) in [6, 6.07) is 9.39. The van der Waals surface area contributed by atoms with Crippen molar-refractivity contribution >= 4 is 33.4 Å². The standard InChI is InChI=1S/C21H23ClFN3O5S/c1-31-12-7-24-32(29,30)17-4-2-3-15(13-17)20(27)25-8-10-26(11-9-25)21(28)18-6-5-16(23)14-19(18)22/h2-6,13-14,24H,7-12H2,1H3. The van der Waals surface area contributed by atoms with E-state index in [0.29, 0.717) is 0 Å². The molecule has 3 rings (SSSR count). The Hall–Kier alpha value is -2.53. The highest BCUT2D eigenvalue weighted by Gasteiger charge is 2.27. The molecular formula is C21H23ClFN3O5S. The average molecular weight is 484 g/mol. The lowest BCUT2D eigenvalue weighted by molar-refractivity contribution is 0.0535. The number of hydrogen-bond donors (Lipinski definition) is 1. The Morgan fingerprint density at radius 3 is 2.34 bits per heavy atom. The maximum absolute atomic E-state index is 13.2. The molecule has 0 radical (unpaired) electrons. The van der Waals surface area contributed by atoms with Gasteiger partial charge in [0.25, 0.3) is 11.8 Å². The zero-order valence-electron chi connectivity index (χ0n) is 17.4. The van der Waals surface area contributed by atoms with Gasteiger partial charge in [-0.05, 0) is 36.4 Å². The van der Waals surface area contributed by atoms with Gasteiger partial charge in [0, 0.05) is 45.4 Å². The SMILES string of the molecule is COCCNS(=O)(=O)c1cccc(C(=O)N2CCN(C(=O)c3ccc(F)cc3Cl)CC2)c1. The fraction of sp³-hybridized carbons (Fsp3) is 0.333. The lowest BCUT2D eigenvalue weighted by Crippen LogP contribution is -2.50. The van der Waals surface area contributed by atoms with Gasteiger partial charge in [-0.15, -0.1) is 0 Å². The van der Waals surface area contributed by atoms with E-state index in [1.165, 1.54) is 37.4 Å². The molecule has 32 heavy (non-hydrogen) atoms. The number of nitrogens with zero attached hydrogens (tertiary/aromatic N) is 2. The molecule has 0 spiro atoms. The second kappa shape index (κ2) is 10.4. The normalized spacial score (nSPS) is 14.5. The number of methoxy groups -OCH3 is 1. The van der Waals surface area contributed by atoms with Crippen LogP contribution in [0.1, 0.15) is 20.7 Å². The summed E-state index contributed by atoms with van der Waals surface area (Å²) < 4.78 is 45.3. The van der Waals surface area contributed by atoms with Crippen LogP contribution in [0.5, 0.6) is 0 Å². The van der Waals surface area contributed by atoms with Gasteiger partial charge >= 0.3 is 0 Å². The van der Waals surface area contributed by atoms with Crippen LogP contribution in [0.15, 0.2) is 47.4 Å². The van der Waals surface area contributed by atoms with E-state index in [1.54, 1.807) is 15.9 Å². The van der Waals surface area contributed by atoms with E-state index >= 15 is 0 Å². The first-order valence-corrected chi connectivity index (χ1v) is 11.7. The second-order valence-corrected chi connectivity index (χ2v) is 9.30. The summed E-state index contributed by atoms with van der Waals surface area (Å²) in [5, 5.41) is 0.0330. The Kier molecular flexibility index (Phi) is 7.83. The zero-order valence-corrected chi connectivity index (χ0v) is 19.0. The van der Waals surface area contributed by atoms with E-state index in [-0.39, 0.29) is 72.2 Å². The zero-order chi connectivity index (χ0) is 23.3. The Morgan fingerprint density at radius 2 is 1.72 bits per heavy atom. The molecule has 0 atom stereocenters. The number of carbonyl (C=O) groups excluding carboxylic acids is 2. The van der Waals surface area contributed by atoms with Gasteiger partial charge in [-0.2, -0.15) is 0 Å². The molecule has 2 aromatic rings. The van der Waals surface area contributed by atoms with Gasteiger partial charge in [-0.1, -0.05) is 17.7 Å². The molecule has 8 nitrogen and oxygen atoms in total. The highest BCUT2D eigenvalue weighted by atomic mass is 35.5. The highest BCUT2D eigenvalue weighted by Crippen LogP contribution is 2.20. The molecule has 0 saturated carbocycles. The van der Waals surface area contributed by atoms with Crippen molar-refractivity contribution in [3.63, 3.8) is 0 Å². The van der Waals surface area contributed by atoms with Crippen LogP contribution in [0.2, 0.25) is 5.02 Å². The number of piperazine rings is 1. The van der Waals surface area contributed by atoms with Crippen molar-refractivity contribution in [2.24, 2.45) is 0 Å². The quantitative estimate of drug-likeness (QED) is 0.608. The number of sulfonamides is 1. The molecule has 1 aliphatic rings. The molecule has 1 fully saturated rings. The Bertz CT molecular complexity index is 1100. The monoisotopic (exact) mass is 483 g/mol. The molecule has 0 aliphatic carbocycles. The summed E-state index contributed by atoms with van der Waals surface area (Å²) in [6.45, 7) is 1.43. The molecule has 2 aromatic carbocycles. The van der Waals surface area contributed by atoms with Crippen molar-refractivity contribution in [1.82, 2.24) is 14.5 Å². The van der Waals surface area contributed by atoms with Crippen molar-refractivity contribution in [1.29, 1.82) is 0 Å². The van der Waals surface area contributed by atoms with E-state index in [0.717, 1.165) is 6.07 Å². The Morgan fingerprint density at radius 1 is 1.06 bits per heavy atom. The topological polar surface area (TPSA) is 96.0 Å². The molecule has 1 saturated heterocycles. The molecule has 1 aliphatic heterocycles. The van der Waals surface area contributed by atoms with Gasteiger partial charge in [0.1, 0.15) is 5.82 Å². The lowest BCUT2D eigenvalue weighted by atomic mass is 10.1. The van der Waals surface area contributed by atoms with Crippen LogP contribution < -0.4 is 4.72 Å². The molecule has 1 heterocycles. The number of benzene rings is 2. The van der Waals surface area contributed by atoms with E-state index in [1.807, 2.05) is 0 Å². The van der Waals surface area contributed by atoms with Crippen LogP contribution in [0, 0.1) is 5.82 Å². The molecular weight excluding hydrogens is 461 g/mol. The third kappa shape index (κ3) is 5.63. The minimum atomic E-state index is -3.77. The predicted molar refractivity (Wildman–Crippen MR) is 117 cm³/mol. The van der Waals surface area contributed by atoms with Gasteiger partial charge in [0.05, 0.1) is 22.1 Å². The fourth-order valence-electron chi connectivity index (χ4n) is 3.29. The summed E-state index contributed by atoms with van der Waals surface area (Å²) in [4.78, 5) is 28.7. The molecule has 0 aromatic heterocycles. The first kappa shape index (κ1) is 24.1. The molecule has 0 bridgehead atoms. The van der Waals surface area contributed by atoms with Crippen LogP contribution in [0.3, 0.4) is 0 Å². The second-order valence-electron chi connectivity index (χ2n) is 7.13. The summed E-state index contributed by atoms with van der Waals surface area (Å²) in [5.74, 6) is -1.19. The minimum absolute atomic E-state index is 0.0146. The number of rotatable bonds is 7. The molecule has 2 amide bonds. The predicted octanol–water partition coefficient (Wildman–Crippen LogP) is 2.00. The minimum Gasteiger partial charge on any atom is -0.383 e. The third-order valence-corrected chi connectivity index (χ3v) is 6.78. The lowest BCUT2D eigenvalue weighted by Gasteiger charge is -2.35. The number of ether oxygens (including phenoxy) is 1. The van der Waals surface area contributed by atoms with Crippen LogP contribution in [0.25, 0.3) is 0 Å². The van der Waals surface area contributed by atoms with Crippen molar-refractivity contribution in [3.05, 3.63) is 64.4 Å². The maximum Gasteiger partial charge on any atom is 0.255 e. The maximum atomic E-state index is 13.2. The number of carbonyl (C=O) groups is 2. The van der Waals surface area contributed by atoms with Gasteiger partial charge in [0.2, 0.25) is 10.0 Å². The van der Waals surface area contributed by atoms with Crippen molar-refractivity contribution in [2.45, 2.75) is 4.90 Å². The summed E-state index contributed by atoms with van der Waals surface area (Å²) >= 11 is 5.98. The summed E-state index contributed by atoms with van der Waals surface area (Å²) in [6.07, 6.45) is 0. The molecule has 1 N–H and O–H groups in total. The summed E-state index contributed by atoms with van der Waals surface area (Å²) in [7, 11) is -2.30. The van der Waals surface area contributed by atoms with Crippen molar-refractivity contribution in [3.8, 4) is 0 Å². The van der Waals surface area contributed by atoms with Crippen LogP contribution in [0.4, 0.5) is 4.39 Å². The molecule has 0 unspecified atom stereocenters. The number of halogens is 2. The largest absolute Gasteiger partial charge is 0.383 e. The average Bonchev–Trinajstić information content (AvgIpc) is 2.78. The van der Waals surface area contributed by atoms with Crippen LogP contribution in [-0.4, -0.2) is 76.5 Å². The third-order valence-electron chi connectivity index (χ3n) is 5.01. The first-order chi connectivity index (χ1) is 15.2. The highest BCUT2D eigenvalue weighted by molar-refractivity contribution is 7.89. The van der Waals surface area contributed by atoms with Crippen molar-refractivity contribution in [2.75, 3.05) is 46.4 Å². The molecule has 172 valence electrons. The van der Waals surface area contributed by atoms with Gasteiger partial charge in [-0.25, -0.2) is 17.5 Å². The number of nitrogens with one attached hydrogen (secondary N) is 1. The fourth-order valence-corrected chi connectivity index (χ4v) is 4.59. The number of amides is 2. The van der Waals surface area contributed by atoms with E-state index in [4.69, 9.17) is 16.3 Å². The van der Waals surface area contributed by atoms with Gasteiger partial charge in [-0.3, -0.25) is 9.59 Å². The van der Waals surface area contributed by atoms with E-state index in [2.05, 4.69) is 4.72 Å². The Balaban J connectivity index is 1.65. The summed E-state index contributed by atoms with van der Waals surface area (Å²) in [5.41, 5.74) is 0.438. The van der Waals surface area contributed by atoms with Crippen LogP contribution in [-0.2, 0) is 14.8 Å². The van der Waals surface area contributed by atoms with Crippen LogP contribution >= 0.6 is 11.6 Å². The van der Waals surface area contributed by atoms with Crippen molar-refractivity contribution < 1.29 is 27.1 Å². The van der Waals surface area contributed by atoms with Gasteiger partial charge in [0.15, 0.2) is 0 Å². The van der Waals surface area contributed by atoms with E-state index < -0.39 is 15.8 Å². The Labute approximate surface area is 191 Å². The first-order valence-electron chi connectivity index (χ1n) is 9.85. The number of hydrogen-bond acceptors (Lipinski definition) is 5. The molecule has 11 heteroatoms. The smallest absolute Gasteiger partial charge is 0.255 e. The van der Waals surface area contributed by atoms with E-state index in [9.17, 15) is 22.4 Å². The van der Waals surface area contributed by atoms with Gasteiger partial charge < -0.3 is 14.5 Å².